The number of nitrogens with one attached hydrogen (secondary N) is 1. The molecule has 0 aliphatic heterocycles. The normalized spacial score (nSPS) is 18.9. The van der Waals surface area contributed by atoms with Gasteiger partial charge in [0, 0.05) is 12.6 Å². The van der Waals surface area contributed by atoms with Gasteiger partial charge in [-0.05, 0) is 23.3 Å². The highest BCUT2D eigenvalue weighted by molar-refractivity contribution is 5.61. The first kappa shape index (κ1) is 15.3. The first-order valence-corrected chi connectivity index (χ1v) is 7.74. The van der Waals surface area contributed by atoms with Crippen LogP contribution in [0.3, 0.4) is 0 Å². The summed E-state index contributed by atoms with van der Waals surface area (Å²) in [7, 11) is 0. The molecule has 0 amide bonds. The first-order chi connectivity index (χ1) is 12.1. The maximum atomic E-state index is 12.5. The van der Waals surface area contributed by atoms with Gasteiger partial charge in [0.25, 0.3) is 0 Å². The zero-order valence-corrected chi connectivity index (χ0v) is 13.0. The van der Waals surface area contributed by atoms with E-state index in [0.29, 0.717) is 12.1 Å². The lowest BCUT2D eigenvalue weighted by Gasteiger charge is -2.18. The third kappa shape index (κ3) is 2.43. The van der Waals surface area contributed by atoms with Gasteiger partial charge >= 0.3 is 11.2 Å². The standard InChI is InChI=1S/C17H14N4O4/c22-12-9-10-5-1-2-6-11(10)14(12)19-16-15(21(24)25)17(23)20-8-4-3-7-13(20)18-16/h1-8,12,14,19,22H,9H2/t12-,14+/m1/s1. The predicted octanol–water partition coefficient (Wildman–Crippen LogP) is 1.67. The molecule has 4 rings (SSSR count). The monoisotopic (exact) mass is 338 g/mol. The highest BCUT2D eigenvalue weighted by Gasteiger charge is 2.34. The number of hydrogen-bond donors (Lipinski definition) is 2. The molecule has 0 radical (unpaired) electrons. The number of nitrogens with zero attached hydrogens (tertiary/aromatic N) is 3. The van der Waals surface area contributed by atoms with Crippen LogP contribution in [0.4, 0.5) is 11.5 Å². The van der Waals surface area contributed by atoms with Gasteiger partial charge in [0.05, 0.1) is 17.1 Å². The van der Waals surface area contributed by atoms with Crippen molar-refractivity contribution >= 4 is 17.2 Å². The van der Waals surface area contributed by atoms with Crippen molar-refractivity contribution in [2.75, 3.05) is 5.32 Å². The van der Waals surface area contributed by atoms with Crippen LogP contribution < -0.4 is 10.9 Å². The molecule has 3 aromatic rings. The predicted molar refractivity (Wildman–Crippen MR) is 90.6 cm³/mol. The van der Waals surface area contributed by atoms with Crippen LogP contribution in [-0.4, -0.2) is 25.5 Å². The Balaban J connectivity index is 1.86. The summed E-state index contributed by atoms with van der Waals surface area (Å²) in [6.07, 6.45) is 1.11. The highest BCUT2D eigenvalue weighted by Crippen LogP contribution is 2.35. The van der Waals surface area contributed by atoms with Gasteiger partial charge in [-0.25, -0.2) is 4.98 Å². The van der Waals surface area contributed by atoms with Crippen molar-refractivity contribution in [2.24, 2.45) is 0 Å². The average Bonchev–Trinajstić information content (AvgIpc) is 2.90. The fourth-order valence-electron chi connectivity index (χ4n) is 3.24. The molecule has 0 unspecified atom stereocenters. The van der Waals surface area contributed by atoms with Gasteiger partial charge in [-0.2, -0.15) is 0 Å². The van der Waals surface area contributed by atoms with Crippen LogP contribution in [0, 0.1) is 10.1 Å². The number of rotatable bonds is 3. The van der Waals surface area contributed by atoms with Gasteiger partial charge in [-0.3, -0.25) is 19.3 Å². The maximum Gasteiger partial charge on any atom is 0.376 e. The van der Waals surface area contributed by atoms with Gasteiger partial charge in [0.2, 0.25) is 5.82 Å². The van der Waals surface area contributed by atoms with Gasteiger partial charge in [0.15, 0.2) is 0 Å². The molecule has 1 aliphatic rings. The molecule has 0 spiro atoms. The fraction of sp³-hybridized carbons (Fsp3) is 0.176. The number of benzene rings is 1. The van der Waals surface area contributed by atoms with Gasteiger partial charge in [-0.1, -0.05) is 30.3 Å². The topological polar surface area (TPSA) is 110 Å². The molecule has 2 atom stereocenters. The van der Waals surface area contributed by atoms with E-state index in [1.54, 1.807) is 18.2 Å². The minimum atomic E-state index is -0.765. The summed E-state index contributed by atoms with van der Waals surface area (Å²) in [5.74, 6) is -0.137. The second-order valence-electron chi connectivity index (χ2n) is 5.89. The Hall–Kier alpha value is -3.26. The third-order valence-corrected chi connectivity index (χ3v) is 4.39. The number of hydrogen-bond acceptors (Lipinski definition) is 6. The van der Waals surface area contributed by atoms with E-state index in [2.05, 4.69) is 10.3 Å². The molecule has 1 aliphatic carbocycles. The minimum absolute atomic E-state index is 0.137. The van der Waals surface area contributed by atoms with Crippen LogP contribution in [-0.2, 0) is 6.42 Å². The molecule has 8 nitrogen and oxygen atoms in total. The Morgan fingerprint density at radius 3 is 2.80 bits per heavy atom. The SMILES string of the molecule is O=c1c([N+](=O)[O-])c(N[C@H]2c3ccccc3C[C@H]2O)nc2ccccn12. The molecule has 0 saturated heterocycles. The molecule has 2 heterocycles. The van der Waals surface area contributed by atoms with E-state index in [9.17, 15) is 20.0 Å². The lowest BCUT2D eigenvalue weighted by Crippen LogP contribution is -2.26. The number of anilines is 1. The summed E-state index contributed by atoms with van der Waals surface area (Å²) in [5.41, 5.74) is 0.701. The van der Waals surface area contributed by atoms with E-state index in [1.165, 1.54) is 6.20 Å². The van der Waals surface area contributed by atoms with Crippen LogP contribution in [0.15, 0.2) is 53.5 Å². The molecule has 126 valence electrons. The van der Waals surface area contributed by atoms with E-state index in [4.69, 9.17) is 0 Å². The molecular formula is C17H14N4O4. The van der Waals surface area contributed by atoms with Gasteiger partial charge in [0.1, 0.15) is 5.65 Å². The Labute approximate surface area is 141 Å². The van der Waals surface area contributed by atoms with E-state index in [-0.39, 0.29) is 5.82 Å². The second-order valence-corrected chi connectivity index (χ2v) is 5.89. The summed E-state index contributed by atoms with van der Waals surface area (Å²) >= 11 is 0. The zero-order chi connectivity index (χ0) is 17.6. The van der Waals surface area contributed by atoms with Crippen LogP contribution in [0.2, 0.25) is 0 Å². The quantitative estimate of drug-likeness (QED) is 0.555. The lowest BCUT2D eigenvalue weighted by molar-refractivity contribution is -0.385. The molecular weight excluding hydrogens is 324 g/mol. The van der Waals surface area contributed by atoms with Crippen LogP contribution in [0.1, 0.15) is 17.2 Å². The summed E-state index contributed by atoms with van der Waals surface area (Å²) in [5, 5.41) is 24.7. The number of aliphatic hydroxyl groups is 1. The van der Waals surface area contributed by atoms with E-state index < -0.39 is 28.3 Å². The van der Waals surface area contributed by atoms with E-state index >= 15 is 0 Å². The summed E-state index contributed by atoms with van der Waals surface area (Å²) in [6, 6.07) is 11.8. The van der Waals surface area contributed by atoms with Crippen LogP contribution in [0.5, 0.6) is 0 Å². The number of aliphatic hydroxyl groups excluding tert-OH is 1. The van der Waals surface area contributed by atoms with E-state index in [0.717, 1.165) is 15.5 Å². The number of nitro groups is 1. The molecule has 0 fully saturated rings. The van der Waals surface area contributed by atoms with Gasteiger partial charge < -0.3 is 10.4 Å². The van der Waals surface area contributed by atoms with Gasteiger partial charge in [-0.15, -0.1) is 0 Å². The summed E-state index contributed by atoms with van der Waals surface area (Å²) < 4.78 is 1.13. The number of aromatic nitrogens is 2. The molecule has 0 saturated carbocycles. The van der Waals surface area contributed by atoms with Crippen LogP contribution in [0.25, 0.3) is 5.65 Å². The van der Waals surface area contributed by atoms with Crippen molar-refractivity contribution in [3.8, 4) is 0 Å². The van der Waals surface area contributed by atoms with Crippen molar-refractivity contribution in [3.05, 3.63) is 80.3 Å². The van der Waals surface area contributed by atoms with Crippen LogP contribution >= 0.6 is 0 Å². The molecule has 8 heteroatoms. The molecule has 2 aromatic heterocycles. The fourth-order valence-corrected chi connectivity index (χ4v) is 3.24. The smallest absolute Gasteiger partial charge is 0.376 e. The van der Waals surface area contributed by atoms with Crippen molar-refractivity contribution < 1.29 is 10.0 Å². The zero-order valence-electron chi connectivity index (χ0n) is 13.0. The van der Waals surface area contributed by atoms with Crippen molar-refractivity contribution in [3.63, 3.8) is 0 Å². The van der Waals surface area contributed by atoms with Crippen molar-refractivity contribution in [1.29, 1.82) is 0 Å². The highest BCUT2D eigenvalue weighted by atomic mass is 16.6. The van der Waals surface area contributed by atoms with Crippen molar-refractivity contribution in [1.82, 2.24) is 9.38 Å². The van der Waals surface area contributed by atoms with E-state index in [1.807, 2.05) is 24.3 Å². The Bertz CT molecular complexity index is 1050. The Morgan fingerprint density at radius 2 is 2.00 bits per heavy atom. The molecule has 0 bridgehead atoms. The minimum Gasteiger partial charge on any atom is -0.390 e. The summed E-state index contributed by atoms with van der Waals surface area (Å²) in [4.78, 5) is 27.4. The number of pyridine rings is 1. The number of fused-ring (bicyclic) bond motifs is 2. The second kappa shape index (κ2) is 5.67. The Morgan fingerprint density at radius 1 is 1.24 bits per heavy atom. The first-order valence-electron chi connectivity index (χ1n) is 7.74. The lowest BCUT2D eigenvalue weighted by atomic mass is 10.1. The van der Waals surface area contributed by atoms with Crippen molar-refractivity contribution in [2.45, 2.75) is 18.6 Å². The maximum absolute atomic E-state index is 12.5. The molecule has 25 heavy (non-hydrogen) atoms. The largest absolute Gasteiger partial charge is 0.390 e. The summed E-state index contributed by atoms with van der Waals surface area (Å²) in [6.45, 7) is 0. The Kier molecular flexibility index (Phi) is 3.47. The average molecular weight is 338 g/mol. The molecule has 1 aromatic carbocycles. The third-order valence-electron chi connectivity index (χ3n) is 4.39. The molecule has 2 N–H and O–H groups in total.